The summed E-state index contributed by atoms with van der Waals surface area (Å²) in [4.78, 5) is 19.7. The Morgan fingerprint density at radius 1 is 1.03 bits per heavy atom. The first kappa shape index (κ1) is 23.7. The maximum atomic E-state index is 12.6. The van der Waals surface area contributed by atoms with Crippen LogP contribution in [0.4, 0.5) is 11.4 Å². The Balaban J connectivity index is 1.23. The standard InChI is InChI=1S/C29H32N4O3/c1-29(2,3)20-9-12-22(13-10-20)36-19-28(34)31-24-14-11-21(17-26(24)35-4)32-15-16-33-25-8-6-5-7-23(25)30-27(33)18-32/h5-14,17H,15-16,18-19H2,1-4H3,(H,31,34). The Labute approximate surface area is 211 Å². The number of carbonyl (C=O) groups excluding carboxylic acids is 1. The molecule has 1 aliphatic rings. The van der Waals surface area contributed by atoms with E-state index in [-0.39, 0.29) is 17.9 Å². The molecule has 0 aliphatic carbocycles. The number of nitrogens with one attached hydrogen (secondary N) is 1. The van der Waals surface area contributed by atoms with Crippen LogP contribution in [0, 0.1) is 0 Å². The number of benzene rings is 3. The minimum Gasteiger partial charge on any atom is -0.494 e. The van der Waals surface area contributed by atoms with Crippen molar-refractivity contribution in [3.8, 4) is 11.5 Å². The maximum absolute atomic E-state index is 12.6. The number of hydrogen-bond acceptors (Lipinski definition) is 5. The number of hydrogen-bond donors (Lipinski definition) is 1. The van der Waals surface area contributed by atoms with Crippen LogP contribution in [0.2, 0.25) is 0 Å². The molecule has 7 heteroatoms. The monoisotopic (exact) mass is 484 g/mol. The third-order valence-corrected chi connectivity index (χ3v) is 6.57. The molecule has 1 aliphatic heterocycles. The average molecular weight is 485 g/mol. The van der Waals surface area contributed by atoms with Crippen molar-refractivity contribution in [2.75, 3.05) is 30.5 Å². The minimum absolute atomic E-state index is 0.0712. The summed E-state index contributed by atoms with van der Waals surface area (Å²) in [7, 11) is 1.61. The van der Waals surface area contributed by atoms with E-state index in [0.29, 0.717) is 23.7 Å². The number of methoxy groups -OCH3 is 1. The van der Waals surface area contributed by atoms with E-state index < -0.39 is 0 Å². The molecule has 3 aromatic carbocycles. The SMILES string of the molecule is COc1cc(N2CCn3c(nc4ccccc43)C2)ccc1NC(=O)COc1ccc(C(C)(C)C)cc1. The zero-order valence-corrected chi connectivity index (χ0v) is 21.2. The van der Waals surface area contributed by atoms with Gasteiger partial charge < -0.3 is 24.3 Å². The van der Waals surface area contributed by atoms with Gasteiger partial charge in [-0.2, -0.15) is 0 Å². The normalized spacial score (nSPS) is 13.4. The van der Waals surface area contributed by atoms with Gasteiger partial charge in [0.15, 0.2) is 6.61 Å². The second-order valence-corrected chi connectivity index (χ2v) is 10.1. The van der Waals surface area contributed by atoms with Crippen LogP contribution in [0.25, 0.3) is 11.0 Å². The van der Waals surface area contributed by atoms with Crippen LogP contribution in [0.15, 0.2) is 66.7 Å². The molecular weight excluding hydrogens is 452 g/mol. The summed E-state index contributed by atoms with van der Waals surface area (Å²) in [6, 6.07) is 21.9. The largest absolute Gasteiger partial charge is 0.494 e. The summed E-state index contributed by atoms with van der Waals surface area (Å²) in [6.45, 7) is 8.85. The number of fused-ring (bicyclic) bond motifs is 3. The Kier molecular flexibility index (Phi) is 6.31. The second-order valence-electron chi connectivity index (χ2n) is 10.1. The van der Waals surface area contributed by atoms with E-state index >= 15 is 0 Å². The Morgan fingerprint density at radius 2 is 1.81 bits per heavy atom. The first-order valence-corrected chi connectivity index (χ1v) is 12.2. The van der Waals surface area contributed by atoms with Crippen molar-refractivity contribution in [1.29, 1.82) is 0 Å². The van der Waals surface area contributed by atoms with Crippen molar-refractivity contribution < 1.29 is 14.3 Å². The Bertz CT molecular complexity index is 1390. The van der Waals surface area contributed by atoms with Crippen molar-refractivity contribution in [3.63, 3.8) is 0 Å². The number of nitrogens with zero attached hydrogens (tertiary/aromatic N) is 3. The first-order chi connectivity index (χ1) is 17.3. The number of rotatable bonds is 6. The van der Waals surface area contributed by atoms with E-state index in [1.54, 1.807) is 7.11 Å². The smallest absolute Gasteiger partial charge is 0.262 e. The average Bonchev–Trinajstić information content (AvgIpc) is 3.25. The van der Waals surface area contributed by atoms with E-state index in [0.717, 1.165) is 30.1 Å². The molecule has 0 unspecified atom stereocenters. The van der Waals surface area contributed by atoms with Crippen molar-refractivity contribution in [2.45, 2.75) is 39.3 Å². The molecule has 4 aromatic rings. The van der Waals surface area contributed by atoms with Gasteiger partial charge in [-0.3, -0.25) is 4.79 Å². The van der Waals surface area contributed by atoms with Crippen LogP contribution in [-0.4, -0.2) is 35.7 Å². The van der Waals surface area contributed by atoms with Crippen molar-refractivity contribution in [1.82, 2.24) is 9.55 Å². The molecule has 0 bridgehead atoms. The zero-order valence-electron chi connectivity index (χ0n) is 21.2. The maximum Gasteiger partial charge on any atom is 0.262 e. The molecule has 186 valence electrons. The third-order valence-electron chi connectivity index (χ3n) is 6.57. The number of amides is 1. The van der Waals surface area contributed by atoms with Gasteiger partial charge in [-0.15, -0.1) is 0 Å². The molecule has 0 saturated carbocycles. The highest BCUT2D eigenvalue weighted by Gasteiger charge is 2.21. The van der Waals surface area contributed by atoms with Crippen LogP contribution in [-0.2, 0) is 23.3 Å². The topological polar surface area (TPSA) is 68.6 Å². The minimum atomic E-state index is -0.243. The molecule has 0 spiro atoms. The summed E-state index contributed by atoms with van der Waals surface area (Å²) in [5.41, 5.74) is 5.13. The van der Waals surface area contributed by atoms with Crippen LogP contribution >= 0.6 is 0 Å². The Morgan fingerprint density at radius 3 is 2.56 bits per heavy atom. The number of imidazole rings is 1. The Hall–Kier alpha value is -4.00. The number of ether oxygens (including phenoxy) is 2. The highest BCUT2D eigenvalue weighted by Crippen LogP contribution is 2.32. The number of anilines is 2. The first-order valence-electron chi connectivity index (χ1n) is 12.2. The molecule has 1 aromatic heterocycles. The van der Waals surface area contributed by atoms with Crippen LogP contribution < -0.4 is 19.7 Å². The van der Waals surface area contributed by atoms with Crippen LogP contribution in [0.3, 0.4) is 0 Å². The van der Waals surface area contributed by atoms with E-state index in [4.69, 9.17) is 14.5 Å². The second kappa shape index (κ2) is 9.57. The molecule has 0 atom stereocenters. The fraction of sp³-hybridized carbons (Fsp3) is 0.310. The lowest BCUT2D eigenvalue weighted by Crippen LogP contribution is -2.33. The van der Waals surface area contributed by atoms with Gasteiger partial charge in [-0.25, -0.2) is 4.98 Å². The fourth-order valence-corrected chi connectivity index (χ4v) is 4.55. The van der Waals surface area contributed by atoms with Crippen molar-refractivity contribution in [3.05, 3.63) is 78.1 Å². The quantitative estimate of drug-likeness (QED) is 0.398. The van der Waals surface area contributed by atoms with E-state index in [9.17, 15) is 4.79 Å². The molecule has 0 radical (unpaired) electrons. The molecule has 36 heavy (non-hydrogen) atoms. The van der Waals surface area contributed by atoms with Gasteiger partial charge in [0.25, 0.3) is 5.91 Å². The predicted octanol–water partition coefficient (Wildman–Crippen LogP) is 5.38. The lowest BCUT2D eigenvalue weighted by Gasteiger charge is -2.30. The van der Waals surface area contributed by atoms with Crippen LogP contribution in [0.5, 0.6) is 11.5 Å². The van der Waals surface area contributed by atoms with Gasteiger partial charge in [0.05, 0.1) is 30.4 Å². The van der Waals surface area contributed by atoms with Gasteiger partial charge in [0.1, 0.15) is 17.3 Å². The summed E-state index contributed by atoms with van der Waals surface area (Å²) in [5.74, 6) is 2.07. The summed E-state index contributed by atoms with van der Waals surface area (Å²) < 4.78 is 13.6. The third kappa shape index (κ3) is 4.87. The molecule has 1 N–H and O–H groups in total. The number of carbonyl (C=O) groups is 1. The molecule has 2 heterocycles. The van der Waals surface area contributed by atoms with Gasteiger partial charge in [0, 0.05) is 24.8 Å². The molecule has 1 amide bonds. The number of aromatic nitrogens is 2. The molecular formula is C29H32N4O3. The van der Waals surface area contributed by atoms with E-state index in [1.165, 1.54) is 11.1 Å². The van der Waals surface area contributed by atoms with Gasteiger partial charge >= 0.3 is 0 Å². The lowest BCUT2D eigenvalue weighted by molar-refractivity contribution is -0.118. The van der Waals surface area contributed by atoms with E-state index in [2.05, 4.69) is 53.8 Å². The van der Waals surface area contributed by atoms with Crippen molar-refractivity contribution in [2.24, 2.45) is 0 Å². The van der Waals surface area contributed by atoms with Gasteiger partial charge in [0.2, 0.25) is 0 Å². The van der Waals surface area contributed by atoms with Crippen molar-refractivity contribution >= 4 is 28.3 Å². The zero-order chi connectivity index (χ0) is 25.3. The van der Waals surface area contributed by atoms with Gasteiger partial charge in [-0.1, -0.05) is 45.0 Å². The summed E-state index contributed by atoms with van der Waals surface area (Å²) >= 11 is 0. The summed E-state index contributed by atoms with van der Waals surface area (Å²) in [5, 5.41) is 2.91. The van der Waals surface area contributed by atoms with Crippen LogP contribution in [0.1, 0.15) is 32.2 Å². The predicted molar refractivity (Wildman–Crippen MR) is 143 cm³/mol. The van der Waals surface area contributed by atoms with Gasteiger partial charge in [-0.05, 0) is 47.4 Å². The number of para-hydroxylation sites is 2. The lowest BCUT2D eigenvalue weighted by atomic mass is 9.87. The highest BCUT2D eigenvalue weighted by molar-refractivity contribution is 5.93. The molecule has 5 rings (SSSR count). The highest BCUT2D eigenvalue weighted by atomic mass is 16.5. The molecule has 0 saturated heterocycles. The summed E-state index contributed by atoms with van der Waals surface area (Å²) in [6.07, 6.45) is 0. The van der Waals surface area contributed by atoms with E-state index in [1.807, 2.05) is 48.5 Å². The molecule has 7 nitrogen and oxygen atoms in total. The fourth-order valence-electron chi connectivity index (χ4n) is 4.55. The molecule has 0 fully saturated rings.